The molecule has 2 atom stereocenters. The summed E-state index contributed by atoms with van der Waals surface area (Å²) in [5.41, 5.74) is -0.355. The van der Waals surface area contributed by atoms with Crippen molar-refractivity contribution < 1.29 is 19.7 Å². The van der Waals surface area contributed by atoms with Crippen molar-refractivity contribution in [3.8, 4) is 0 Å². The van der Waals surface area contributed by atoms with Gasteiger partial charge < -0.3 is 19.7 Å². The van der Waals surface area contributed by atoms with E-state index in [0.717, 1.165) is 32.1 Å². The minimum absolute atomic E-state index is 0.178. The van der Waals surface area contributed by atoms with Crippen molar-refractivity contribution in [2.75, 3.05) is 25.0 Å². The molecule has 0 amide bonds. The highest BCUT2D eigenvalue weighted by Crippen LogP contribution is 2.60. The average Bonchev–Trinajstić information content (AvgIpc) is 2.49. The van der Waals surface area contributed by atoms with Crippen LogP contribution in [0.15, 0.2) is 0 Å². The molecule has 6 heteroatoms. The Kier molecular flexibility index (Phi) is 5.28. The van der Waals surface area contributed by atoms with E-state index in [1.807, 2.05) is 0 Å². The van der Waals surface area contributed by atoms with Crippen LogP contribution in [0.5, 0.6) is 0 Å². The molecular weight excluding hydrogens is 327 g/mol. The molecule has 4 aliphatic carbocycles. The van der Waals surface area contributed by atoms with Gasteiger partial charge in [0.25, 0.3) is 0 Å². The van der Waals surface area contributed by atoms with Gasteiger partial charge in [-0.25, -0.2) is 0 Å². The molecule has 0 aromatic carbocycles. The number of aliphatic hydroxyl groups excluding tert-OH is 2. The number of hydrogen-bond acceptors (Lipinski definition) is 4. The van der Waals surface area contributed by atoms with E-state index in [4.69, 9.17) is 32.7 Å². The molecule has 2 unspecified atom stereocenters. The fraction of sp³-hybridized carbons (Fsp3) is 1.00. The maximum Gasteiger partial charge on any atom is 0.0908 e. The van der Waals surface area contributed by atoms with Gasteiger partial charge >= 0.3 is 0 Å². The lowest BCUT2D eigenvalue weighted by molar-refractivity contribution is -0.245. The monoisotopic (exact) mass is 352 g/mol. The summed E-state index contributed by atoms with van der Waals surface area (Å²) in [6.07, 6.45) is 5.13. The highest BCUT2D eigenvalue weighted by Gasteiger charge is 2.59. The Morgan fingerprint density at radius 1 is 0.864 bits per heavy atom. The van der Waals surface area contributed by atoms with E-state index in [1.54, 1.807) is 0 Å². The Bertz CT molecular complexity index is 346. The number of alkyl halides is 2. The van der Waals surface area contributed by atoms with Gasteiger partial charge in [0.05, 0.1) is 48.4 Å². The number of ether oxygens (including phenoxy) is 2. The molecule has 0 aliphatic heterocycles. The molecule has 0 spiro atoms. The third-order valence-corrected chi connectivity index (χ3v) is 6.19. The molecule has 4 nitrogen and oxygen atoms in total. The van der Waals surface area contributed by atoms with E-state index in [0.29, 0.717) is 25.0 Å². The molecule has 4 fully saturated rings. The number of rotatable bonds is 8. The lowest BCUT2D eigenvalue weighted by atomic mass is 9.52. The molecule has 0 aromatic heterocycles. The van der Waals surface area contributed by atoms with Gasteiger partial charge in [-0.2, -0.15) is 0 Å². The summed E-state index contributed by atoms with van der Waals surface area (Å²) in [6.45, 7) is 0.590. The SMILES string of the molecule is OC(CCl)COC12CC3CC(C1)CC(OCC(O)CCl)(C3)C2. The minimum atomic E-state index is -0.607. The zero-order chi connectivity index (χ0) is 15.8. The second kappa shape index (κ2) is 6.73. The average molecular weight is 353 g/mol. The molecule has 4 rings (SSSR count). The van der Waals surface area contributed by atoms with Crippen LogP contribution >= 0.6 is 23.2 Å². The van der Waals surface area contributed by atoms with Crippen LogP contribution in [-0.2, 0) is 9.47 Å². The van der Waals surface area contributed by atoms with E-state index >= 15 is 0 Å². The predicted octanol–water partition coefficient (Wildman–Crippen LogP) is 2.31. The van der Waals surface area contributed by atoms with Crippen LogP contribution in [0.25, 0.3) is 0 Å². The molecule has 0 saturated heterocycles. The molecule has 0 heterocycles. The van der Waals surface area contributed by atoms with Crippen LogP contribution in [0.2, 0.25) is 0 Å². The van der Waals surface area contributed by atoms with Crippen LogP contribution in [-0.4, -0.2) is 58.6 Å². The van der Waals surface area contributed by atoms with Gasteiger partial charge in [0.2, 0.25) is 0 Å². The van der Waals surface area contributed by atoms with E-state index < -0.39 is 12.2 Å². The number of hydrogen-bond donors (Lipinski definition) is 2. The van der Waals surface area contributed by atoms with E-state index in [9.17, 15) is 10.2 Å². The number of halogens is 2. The predicted molar refractivity (Wildman–Crippen MR) is 85.5 cm³/mol. The molecule has 4 aliphatic rings. The van der Waals surface area contributed by atoms with Gasteiger partial charge in [0.1, 0.15) is 0 Å². The molecule has 4 bridgehead atoms. The van der Waals surface area contributed by atoms with Crippen LogP contribution in [0.1, 0.15) is 38.5 Å². The topological polar surface area (TPSA) is 58.9 Å². The Morgan fingerprint density at radius 3 is 1.64 bits per heavy atom. The van der Waals surface area contributed by atoms with Gasteiger partial charge in [-0.1, -0.05) is 0 Å². The summed E-state index contributed by atoms with van der Waals surface area (Å²) in [4.78, 5) is 0. The summed E-state index contributed by atoms with van der Waals surface area (Å²) >= 11 is 11.3. The Balaban J connectivity index is 1.67. The van der Waals surface area contributed by atoms with Gasteiger partial charge in [0.15, 0.2) is 0 Å². The molecule has 128 valence electrons. The van der Waals surface area contributed by atoms with Crippen molar-refractivity contribution in [3.63, 3.8) is 0 Å². The normalized spacial score (nSPS) is 42.5. The first-order valence-electron chi connectivity index (χ1n) is 8.24. The van der Waals surface area contributed by atoms with Crippen molar-refractivity contribution in [1.82, 2.24) is 0 Å². The van der Waals surface area contributed by atoms with Gasteiger partial charge in [-0.05, 0) is 43.9 Å². The van der Waals surface area contributed by atoms with Gasteiger partial charge in [-0.3, -0.25) is 0 Å². The third kappa shape index (κ3) is 3.57. The fourth-order valence-electron chi connectivity index (χ4n) is 5.07. The summed E-state index contributed by atoms with van der Waals surface area (Å²) in [5, 5.41) is 19.4. The Hall–Kier alpha value is 0.420. The fourth-order valence-corrected chi connectivity index (χ4v) is 5.25. The first-order chi connectivity index (χ1) is 10.5. The van der Waals surface area contributed by atoms with Crippen molar-refractivity contribution in [3.05, 3.63) is 0 Å². The minimum Gasteiger partial charge on any atom is -0.389 e. The summed E-state index contributed by atoms with van der Waals surface area (Å²) < 4.78 is 12.3. The highest BCUT2D eigenvalue weighted by atomic mass is 35.5. The number of aliphatic hydroxyl groups is 2. The largest absolute Gasteiger partial charge is 0.389 e. The van der Waals surface area contributed by atoms with Gasteiger partial charge in [-0.15, -0.1) is 23.2 Å². The lowest BCUT2D eigenvalue weighted by Crippen LogP contribution is -2.61. The van der Waals surface area contributed by atoms with Crippen LogP contribution < -0.4 is 0 Å². The van der Waals surface area contributed by atoms with E-state index in [1.165, 1.54) is 6.42 Å². The third-order valence-electron chi connectivity index (χ3n) is 5.47. The summed E-state index contributed by atoms with van der Waals surface area (Å²) in [7, 11) is 0. The molecular formula is C16H26Cl2O4. The standard InChI is InChI=1S/C16H26Cl2O4/c17-6-13(19)8-21-15-2-11-1-12(4-15)5-16(3-11,10-15)22-9-14(20)7-18/h11-14,19-20H,1-10H2. The van der Waals surface area contributed by atoms with Crippen LogP contribution in [0.3, 0.4) is 0 Å². The van der Waals surface area contributed by atoms with Crippen molar-refractivity contribution in [2.24, 2.45) is 11.8 Å². The second-order valence-electron chi connectivity index (χ2n) is 7.57. The van der Waals surface area contributed by atoms with Gasteiger partial charge in [0, 0.05) is 6.42 Å². The Labute approximate surface area is 142 Å². The zero-order valence-corrected chi connectivity index (χ0v) is 14.4. The van der Waals surface area contributed by atoms with Crippen LogP contribution in [0, 0.1) is 11.8 Å². The Morgan fingerprint density at radius 2 is 1.27 bits per heavy atom. The van der Waals surface area contributed by atoms with Crippen molar-refractivity contribution in [1.29, 1.82) is 0 Å². The van der Waals surface area contributed by atoms with Crippen LogP contribution in [0.4, 0.5) is 0 Å². The molecule has 22 heavy (non-hydrogen) atoms. The molecule has 0 aromatic rings. The quantitative estimate of drug-likeness (QED) is 0.658. The molecule has 4 saturated carbocycles. The highest BCUT2D eigenvalue weighted by molar-refractivity contribution is 6.18. The molecule has 2 N–H and O–H groups in total. The first kappa shape index (κ1) is 17.2. The summed E-state index contributed by atoms with van der Waals surface area (Å²) in [6, 6.07) is 0. The summed E-state index contributed by atoms with van der Waals surface area (Å²) in [5.74, 6) is 1.66. The van der Waals surface area contributed by atoms with Crippen molar-refractivity contribution in [2.45, 2.75) is 61.9 Å². The zero-order valence-electron chi connectivity index (χ0n) is 12.8. The second-order valence-corrected chi connectivity index (χ2v) is 8.18. The smallest absolute Gasteiger partial charge is 0.0908 e. The maximum atomic E-state index is 9.70. The van der Waals surface area contributed by atoms with E-state index in [-0.39, 0.29) is 23.0 Å². The maximum absolute atomic E-state index is 9.70. The van der Waals surface area contributed by atoms with E-state index in [2.05, 4.69) is 0 Å². The molecule has 0 radical (unpaired) electrons. The first-order valence-corrected chi connectivity index (χ1v) is 9.31. The lowest BCUT2D eigenvalue weighted by Gasteiger charge is -2.61. The van der Waals surface area contributed by atoms with Crippen molar-refractivity contribution >= 4 is 23.2 Å².